The fraction of sp³-hybridized carbons (Fsp3) is 0. The molecule has 284 valence electrons. The summed E-state index contributed by atoms with van der Waals surface area (Å²) in [7, 11) is 0. The Balaban J connectivity index is 1.13. The summed E-state index contributed by atoms with van der Waals surface area (Å²) in [5, 5.41) is 4.92. The van der Waals surface area contributed by atoms with Crippen molar-refractivity contribution in [2.45, 2.75) is 9.79 Å². The molecular weight excluding hydrogens is 761 g/mol. The quantitative estimate of drug-likeness (QED) is 0.178. The molecule has 0 unspecified atom stereocenters. The van der Waals surface area contributed by atoms with Gasteiger partial charge in [-0.2, -0.15) is 0 Å². The van der Waals surface area contributed by atoms with Gasteiger partial charge in [0.05, 0.1) is 39.5 Å². The Kier molecular flexibility index (Phi) is 7.50. The van der Waals surface area contributed by atoms with E-state index < -0.39 is 0 Å². The number of benzene rings is 9. The Labute approximate surface area is 357 Å². The summed E-state index contributed by atoms with van der Waals surface area (Å²) in [6.07, 6.45) is 0. The van der Waals surface area contributed by atoms with E-state index in [1.807, 2.05) is 23.9 Å². The molecule has 0 aliphatic carbocycles. The van der Waals surface area contributed by atoms with Crippen molar-refractivity contribution in [3.8, 4) is 61.8 Å². The second kappa shape index (κ2) is 13.4. The highest BCUT2D eigenvalue weighted by Gasteiger charge is 2.35. The number of anilines is 3. The highest BCUT2D eigenvalue weighted by atomic mass is 32.2. The number of aromatic nitrogens is 3. The maximum absolute atomic E-state index is 5.34. The zero-order valence-electron chi connectivity index (χ0n) is 32.8. The van der Waals surface area contributed by atoms with Crippen LogP contribution in [0, 0.1) is 0 Å². The summed E-state index contributed by atoms with van der Waals surface area (Å²) in [4.78, 5) is 15.4. The molecule has 2 aliphatic rings. The lowest BCUT2D eigenvalue weighted by molar-refractivity contribution is 1.15. The standard InChI is InChI=1S/C56H34N4S/c1-4-17-36(18-5-1)46-34-47(58-56(57-46)37-19-6-2-7-20-37)42-25-14-28-49-55(42)61-52-29-15-26-43-53-39-23-11-10-16-35(39)30-31-41(53)45-33-50-44(32-51(45)60(49)54(43)52)40-24-12-13-27-48(40)59(50)38-21-8-3-9-22-38/h1-34H. The summed E-state index contributed by atoms with van der Waals surface area (Å²) in [6.45, 7) is 0. The van der Waals surface area contributed by atoms with Crippen LogP contribution >= 0.6 is 11.8 Å². The van der Waals surface area contributed by atoms with Gasteiger partial charge in [-0.15, -0.1) is 0 Å². The minimum Gasteiger partial charge on any atom is -0.309 e. The first-order chi connectivity index (χ1) is 30.3. The van der Waals surface area contributed by atoms with Crippen molar-refractivity contribution in [3.05, 3.63) is 206 Å². The van der Waals surface area contributed by atoms with Gasteiger partial charge in [0.2, 0.25) is 0 Å². The molecule has 0 saturated heterocycles. The van der Waals surface area contributed by atoms with Gasteiger partial charge in [0.15, 0.2) is 5.82 Å². The molecule has 0 spiro atoms. The fourth-order valence-electron chi connectivity index (χ4n) is 9.63. The van der Waals surface area contributed by atoms with Crippen molar-refractivity contribution in [1.82, 2.24) is 14.5 Å². The normalized spacial score (nSPS) is 12.5. The maximum Gasteiger partial charge on any atom is 0.160 e. The third kappa shape index (κ3) is 5.21. The van der Waals surface area contributed by atoms with Crippen molar-refractivity contribution in [1.29, 1.82) is 0 Å². The van der Waals surface area contributed by atoms with Crippen molar-refractivity contribution in [2.24, 2.45) is 0 Å². The van der Waals surface area contributed by atoms with E-state index in [-0.39, 0.29) is 0 Å². The van der Waals surface area contributed by atoms with E-state index in [0.717, 1.165) is 50.0 Å². The molecule has 5 heteroatoms. The van der Waals surface area contributed by atoms with Crippen LogP contribution in [0.2, 0.25) is 0 Å². The van der Waals surface area contributed by atoms with Crippen LogP contribution in [0.3, 0.4) is 0 Å². The number of hydrogen-bond donors (Lipinski definition) is 0. The molecular formula is C56H34N4S. The Hall–Kier alpha value is -7.73. The van der Waals surface area contributed by atoms with E-state index in [0.29, 0.717) is 5.82 Å². The summed E-state index contributed by atoms with van der Waals surface area (Å²) >= 11 is 1.84. The van der Waals surface area contributed by atoms with Crippen molar-refractivity contribution in [2.75, 3.05) is 4.90 Å². The summed E-state index contributed by atoms with van der Waals surface area (Å²) < 4.78 is 2.43. The molecule has 13 rings (SSSR count). The predicted molar refractivity (Wildman–Crippen MR) is 253 cm³/mol. The monoisotopic (exact) mass is 794 g/mol. The molecule has 0 atom stereocenters. The van der Waals surface area contributed by atoms with Crippen LogP contribution in [0.25, 0.3) is 94.4 Å². The topological polar surface area (TPSA) is 34.0 Å². The molecule has 0 amide bonds. The van der Waals surface area contributed by atoms with E-state index in [1.165, 1.54) is 65.4 Å². The zero-order chi connectivity index (χ0) is 40.0. The van der Waals surface area contributed by atoms with E-state index in [4.69, 9.17) is 9.97 Å². The van der Waals surface area contributed by atoms with Crippen LogP contribution in [0.5, 0.6) is 0 Å². The Morgan fingerprint density at radius 3 is 1.93 bits per heavy atom. The van der Waals surface area contributed by atoms with Crippen LogP contribution in [0.15, 0.2) is 216 Å². The van der Waals surface area contributed by atoms with Crippen molar-refractivity contribution >= 4 is 61.4 Å². The lowest BCUT2D eigenvalue weighted by atomic mass is 9.89. The third-order valence-corrected chi connectivity index (χ3v) is 13.5. The Morgan fingerprint density at radius 1 is 0.410 bits per heavy atom. The average molecular weight is 795 g/mol. The van der Waals surface area contributed by atoms with Gasteiger partial charge in [0, 0.05) is 54.1 Å². The first-order valence-corrected chi connectivity index (χ1v) is 21.5. The number of rotatable bonds is 4. The summed E-state index contributed by atoms with van der Waals surface area (Å²) in [5.74, 6) is 0.706. The van der Waals surface area contributed by atoms with E-state index >= 15 is 0 Å². The Bertz CT molecular complexity index is 3500. The molecule has 9 aromatic carbocycles. The molecule has 2 aromatic heterocycles. The van der Waals surface area contributed by atoms with Crippen LogP contribution in [0.1, 0.15) is 0 Å². The predicted octanol–water partition coefficient (Wildman–Crippen LogP) is 15.3. The van der Waals surface area contributed by atoms with Gasteiger partial charge in [0.25, 0.3) is 0 Å². The molecule has 61 heavy (non-hydrogen) atoms. The summed E-state index contributed by atoms with van der Waals surface area (Å²) in [6, 6.07) is 74.4. The van der Waals surface area contributed by atoms with Crippen molar-refractivity contribution in [3.63, 3.8) is 0 Å². The molecule has 0 fully saturated rings. The van der Waals surface area contributed by atoms with Gasteiger partial charge in [-0.05, 0) is 70.4 Å². The third-order valence-electron chi connectivity index (χ3n) is 12.3. The zero-order valence-corrected chi connectivity index (χ0v) is 33.6. The lowest BCUT2D eigenvalue weighted by Gasteiger charge is -2.35. The smallest absolute Gasteiger partial charge is 0.160 e. The minimum absolute atomic E-state index is 0.706. The first kappa shape index (κ1) is 34.2. The molecule has 4 heterocycles. The first-order valence-electron chi connectivity index (χ1n) is 20.7. The largest absolute Gasteiger partial charge is 0.309 e. The van der Waals surface area contributed by atoms with Gasteiger partial charge in [0.1, 0.15) is 0 Å². The fourth-order valence-corrected chi connectivity index (χ4v) is 10.8. The lowest BCUT2D eigenvalue weighted by Crippen LogP contribution is -2.16. The molecule has 0 saturated carbocycles. The summed E-state index contributed by atoms with van der Waals surface area (Å²) in [5.41, 5.74) is 16.8. The van der Waals surface area contributed by atoms with E-state index in [1.54, 1.807) is 0 Å². The highest BCUT2D eigenvalue weighted by Crippen LogP contribution is 2.62. The minimum atomic E-state index is 0.706. The van der Waals surface area contributed by atoms with Gasteiger partial charge >= 0.3 is 0 Å². The number of hydrogen-bond acceptors (Lipinski definition) is 4. The maximum atomic E-state index is 5.34. The van der Waals surface area contributed by atoms with Crippen LogP contribution in [-0.2, 0) is 0 Å². The van der Waals surface area contributed by atoms with E-state index in [9.17, 15) is 0 Å². The van der Waals surface area contributed by atoms with Gasteiger partial charge < -0.3 is 9.47 Å². The second-order valence-corrected chi connectivity index (χ2v) is 16.8. The number of para-hydroxylation sites is 3. The van der Waals surface area contributed by atoms with Gasteiger partial charge in [-0.25, -0.2) is 9.97 Å². The van der Waals surface area contributed by atoms with Crippen LogP contribution in [-0.4, -0.2) is 14.5 Å². The highest BCUT2D eigenvalue weighted by molar-refractivity contribution is 8.00. The number of fused-ring (bicyclic) bond motifs is 12. The number of nitrogens with zero attached hydrogens (tertiary/aromatic N) is 4. The molecule has 4 nitrogen and oxygen atoms in total. The Morgan fingerprint density at radius 2 is 1.10 bits per heavy atom. The second-order valence-electron chi connectivity index (χ2n) is 15.7. The van der Waals surface area contributed by atoms with Gasteiger partial charge in [-0.1, -0.05) is 169 Å². The average Bonchev–Trinajstić information content (AvgIpc) is 3.59. The molecule has 0 N–H and O–H groups in total. The van der Waals surface area contributed by atoms with Crippen molar-refractivity contribution < 1.29 is 0 Å². The van der Waals surface area contributed by atoms with Gasteiger partial charge in [-0.3, -0.25) is 0 Å². The van der Waals surface area contributed by atoms with Crippen LogP contribution < -0.4 is 4.90 Å². The van der Waals surface area contributed by atoms with Crippen LogP contribution in [0.4, 0.5) is 17.1 Å². The molecule has 0 bridgehead atoms. The molecule has 11 aromatic rings. The SMILES string of the molecule is c1ccc(-c2cc(-c3cccc4c3Sc3cccc5c3N4c3cc4c6ccccc6n(-c6ccccc6)c4cc3-c3ccc4ccccc4c3-5)nc(-c3ccccc3)n2)cc1. The van der Waals surface area contributed by atoms with E-state index in [2.05, 4.69) is 204 Å². The molecule has 2 aliphatic heterocycles. The molecule has 0 radical (unpaired) electrons.